The fourth-order valence-corrected chi connectivity index (χ4v) is 4.41. The second-order valence-corrected chi connectivity index (χ2v) is 7.52. The normalized spacial score (nSPS) is 29.8. The first-order chi connectivity index (χ1) is 9.61. The van der Waals surface area contributed by atoms with Gasteiger partial charge in [0, 0.05) is 10.9 Å². The number of aryl methyl sites for hydroxylation is 1. The van der Waals surface area contributed by atoms with E-state index in [-0.39, 0.29) is 18.1 Å². The molecule has 3 rings (SSSR count). The van der Waals surface area contributed by atoms with Crippen LogP contribution >= 0.6 is 11.3 Å². The van der Waals surface area contributed by atoms with E-state index in [9.17, 15) is 9.90 Å². The Balaban J connectivity index is 1.63. The second-order valence-electron chi connectivity index (χ2n) is 6.39. The molecule has 4 heteroatoms. The number of hydrogen-bond donors (Lipinski definition) is 2. The molecule has 20 heavy (non-hydrogen) atoms. The van der Waals surface area contributed by atoms with Gasteiger partial charge in [-0.25, -0.2) is 0 Å². The summed E-state index contributed by atoms with van der Waals surface area (Å²) in [6.07, 6.45) is 6.74. The van der Waals surface area contributed by atoms with Gasteiger partial charge in [-0.2, -0.15) is 0 Å². The van der Waals surface area contributed by atoms with Crippen molar-refractivity contribution in [3.63, 3.8) is 0 Å². The molecule has 2 N–H and O–H groups in total. The molecule has 0 radical (unpaired) electrons. The molecule has 1 unspecified atom stereocenters. The second kappa shape index (κ2) is 5.86. The highest BCUT2D eigenvalue weighted by Crippen LogP contribution is 2.32. The summed E-state index contributed by atoms with van der Waals surface area (Å²) < 4.78 is 0. The number of amides is 1. The predicted molar refractivity (Wildman–Crippen MR) is 81.2 cm³/mol. The number of hydrogen-bond acceptors (Lipinski definition) is 3. The van der Waals surface area contributed by atoms with E-state index in [2.05, 4.69) is 18.3 Å². The highest BCUT2D eigenvalue weighted by Gasteiger charge is 2.24. The van der Waals surface area contributed by atoms with Crippen molar-refractivity contribution >= 4 is 17.2 Å². The fraction of sp³-hybridized carbons (Fsp3) is 0.688. The Kier molecular flexibility index (Phi) is 4.13. The lowest BCUT2D eigenvalue weighted by Crippen LogP contribution is -2.38. The van der Waals surface area contributed by atoms with Crippen molar-refractivity contribution in [1.29, 1.82) is 0 Å². The highest BCUT2D eigenvalue weighted by atomic mass is 32.1. The van der Waals surface area contributed by atoms with Gasteiger partial charge in [0.1, 0.15) is 0 Å². The number of aliphatic hydroxyl groups excluding tert-OH is 1. The minimum atomic E-state index is -0.168. The van der Waals surface area contributed by atoms with E-state index in [1.807, 2.05) is 0 Å². The van der Waals surface area contributed by atoms with Crippen molar-refractivity contribution in [2.45, 2.75) is 64.0 Å². The maximum absolute atomic E-state index is 12.3. The molecule has 0 bridgehead atoms. The Morgan fingerprint density at radius 2 is 2.05 bits per heavy atom. The summed E-state index contributed by atoms with van der Waals surface area (Å²) in [6, 6.07) is 2.34. The topological polar surface area (TPSA) is 49.3 Å². The summed E-state index contributed by atoms with van der Waals surface area (Å²) in [5.74, 6) is 0.825. The zero-order chi connectivity index (χ0) is 14.1. The lowest BCUT2D eigenvalue weighted by Gasteiger charge is -2.25. The molecular formula is C16H23NO2S. The number of carbonyl (C=O) groups is 1. The first kappa shape index (κ1) is 14.1. The molecule has 2 aliphatic carbocycles. The van der Waals surface area contributed by atoms with E-state index in [0.717, 1.165) is 49.3 Å². The van der Waals surface area contributed by atoms with Gasteiger partial charge in [0.15, 0.2) is 0 Å². The van der Waals surface area contributed by atoms with Gasteiger partial charge in [0.2, 0.25) is 0 Å². The molecule has 1 amide bonds. The number of nitrogens with one attached hydrogen (secondary N) is 1. The number of carbonyl (C=O) groups excluding carboxylic acids is 1. The molecule has 0 aromatic carbocycles. The minimum absolute atomic E-state index is 0.0819. The van der Waals surface area contributed by atoms with E-state index >= 15 is 0 Å². The minimum Gasteiger partial charge on any atom is -0.393 e. The molecule has 110 valence electrons. The number of aliphatic hydroxyl groups is 1. The summed E-state index contributed by atoms with van der Waals surface area (Å²) in [7, 11) is 0. The van der Waals surface area contributed by atoms with Gasteiger partial charge in [-0.3, -0.25) is 4.79 Å². The lowest BCUT2D eigenvalue weighted by molar-refractivity contribution is 0.0871. The van der Waals surface area contributed by atoms with Crippen molar-refractivity contribution in [2.24, 2.45) is 5.92 Å². The van der Waals surface area contributed by atoms with Crippen molar-refractivity contribution in [2.75, 3.05) is 0 Å². The average molecular weight is 293 g/mol. The molecule has 3 nitrogen and oxygen atoms in total. The van der Waals surface area contributed by atoms with Crippen LogP contribution in [-0.4, -0.2) is 23.2 Å². The number of rotatable bonds is 2. The molecule has 0 aliphatic heterocycles. The predicted octanol–water partition coefficient (Wildman–Crippen LogP) is 2.91. The van der Waals surface area contributed by atoms with Gasteiger partial charge in [-0.15, -0.1) is 11.3 Å². The van der Waals surface area contributed by atoms with Crippen LogP contribution < -0.4 is 5.32 Å². The molecule has 1 aromatic heterocycles. The summed E-state index contributed by atoms with van der Waals surface area (Å²) in [6.45, 7) is 2.29. The fourth-order valence-electron chi connectivity index (χ4n) is 3.29. The first-order valence-electron chi connectivity index (χ1n) is 7.72. The summed E-state index contributed by atoms with van der Waals surface area (Å²) in [5.41, 5.74) is 1.39. The molecule has 2 aliphatic rings. The molecule has 1 aromatic rings. The van der Waals surface area contributed by atoms with E-state index in [1.165, 1.54) is 16.9 Å². The molecular weight excluding hydrogens is 270 g/mol. The highest BCUT2D eigenvalue weighted by molar-refractivity contribution is 7.14. The summed E-state index contributed by atoms with van der Waals surface area (Å²) in [4.78, 5) is 14.6. The first-order valence-corrected chi connectivity index (χ1v) is 8.54. The van der Waals surface area contributed by atoms with Gasteiger partial charge < -0.3 is 10.4 Å². The van der Waals surface area contributed by atoms with Gasteiger partial charge in [-0.05, 0) is 62.5 Å². The van der Waals surface area contributed by atoms with Crippen LogP contribution in [0.4, 0.5) is 0 Å². The van der Waals surface area contributed by atoms with E-state index < -0.39 is 0 Å². The molecule has 0 saturated heterocycles. The van der Waals surface area contributed by atoms with Crippen LogP contribution in [0.2, 0.25) is 0 Å². The monoisotopic (exact) mass is 293 g/mol. The molecule has 1 saturated carbocycles. The standard InChI is InChI=1S/C16H23NO2S/c1-10-2-7-14-11(8-10)9-15(20-14)16(19)17-12-3-5-13(18)6-4-12/h9-10,12-13,18H,2-8H2,1H3,(H,17,19). The van der Waals surface area contributed by atoms with Crippen molar-refractivity contribution in [3.05, 3.63) is 21.4 Å². The van der Waals surface area contributed by atoms with Crippen LogP contribution in [0.15, 0.2) is 6.07 Å². The third-order valence-electron chi connectivity index (χ3n) is 4.58. The quantitative estimate of drug-likeness (QED) is 0.881. The zero-order valence-corrected chi connectivity index (χ0v) is 12.8. The third kappa shape index (κ3) is 3.07. The summed E-state index contributed by atoms with van der Waals surface area (Å²) >= 11 is 1.67. The van der Waals surface area contributed by atoms with Crippen LogP contribution in [-0.2, 0) is 12.8 Å². The Bertz CT molecular complexity index is 489. The third-order valence-corrected chi connectivity index (χ3v) is 5.82. The van der Waals surface area contributed by atoms with Crippen molar-refractivity contribution in [3.8, 4) is 0 Å². The Labute approximate surface area is 124 Å². The SMILES string of the molecule is CC1CCc2sc(C(=O)NC3CCC(O)CC3)cc2C1. The summed E-state index contributed by atoms with van der Waals surface area (Å²) in [5, 5.41) is 12.6. The van der Waals surface area contributed by atoms with E-state index in [1.54, 1.807) is 11.3 Å². The van der Waals surface area contributed by atoms with Crippen LogP contribution in [0, 0.1) is 5.92 Å². The Hall–Kier alpha value is -0.870. The lowest BCUT2D eigenvalue weighted by atomic mass is 9.90. The zero-order valence-electron chi connectivity index (χ0n) is 12.0. The number of thiophene rings is 1. The van der Waals surface area contributed by atoms with E-state index in [4.69, 9.17) is 0 Å². The molecule has 1 heterocycles. The van der Waals surface area contributed by atoms with Crippen LogP contribution in [0.25, 0.3) is 0 Å². The van der Waals surface area contributed by atoms with Gasteiger partial charge >= 0.3 is 0 Å². The molecule has 1 atom stereocenters. The maximum atomic E-state index is 12.3. The van der Waals surface area contributed by atoms with Gasteiger partial charge in [-0.1, -0.05) is 6.92 Å². The van der Waals surface area contributed by atoms with Crippen LogP contribution in [0.5, 0.6) is 0 Å². The van der Waals surface area contributed by atoms with E-state index in [0.29, 0.717) is 0 Å². The average Bonchev–Trinajstić information content (AvgIpc) is 2.84. The van der Waals surface area contributed by atoms with Gasteiger partial charge in [0.25, 0.3) is 5.91 Å². The smallest absolute Gasteiger partial charge is 0.261 e. The maximum Gasteiger partial charge on any atom is 0.261 e. The largest absolute Gasteiger partial charge is 0.393 e. The molecule has 0 spiro atoms. The molecule has 1 fully saturated rings. The van der Waals surface area contributed by atoms with Crippen molar-refractivity contribution in [1.82, 2.24) is 5.32 Å². The van der Waals surface area contributed by atoms with Crippen LogP contribution in [0.3, 0.4) is 0 Å². The number of fused-ring (bicyclic) bond motifs is 1. The Morgan fingerprint density at radius 1 is 1.30 bits per heavy atom. The van der Waals surface area contributed by atoms with Crippen LogP contribution in [0.1, 0.15) is 59.1 Å². The van der Waals surface area contributed by atoms with Crippen molar-refractivity contribution < 1.29 is 9.90 Å². The Morgan fingerprint density at radius 3 is 2.80 bits per heavy atom. The van der Waals surface area contributed by atoms with Gasteiger partial charge in [0.05, 0.1) is 11.0 Å².